The van der Waals surface area contributed by atoms with Crippen LogP contribution in [0.1, 0.15) is 22.2 Å². The number of rotatable bonds is 5. The van der Waals surface area contributed by atoms with Crippen molar-refractivity contribution in [3.8, 4) is 11.3 Å². The summed E-state index contributed by atoms with van der Waals surface area (Å²) in [4.78, 5) is 28.9. The molecular formula is C17H14N2O2S2. The van der Waals surface area contributed by atoms with E-state index in [1.807, 2.05) is 47.2 Å². The van der Waals surface area contributed by atoms with E-state index in [9.17, 15) is 9.59 Å². The molecule has 0 saturated heterocycles. The molecule has 0 radical (unpaired) electrons. The zero-order chi connectivity index (χ0) is 16.2. The first-order valence-electron chi connectivity index (χ1n) is 7.01. The van der Waals surface area contributed by atoms with Gasteiger partial charge in [-0.05, 0) is 22.4 Å². The molecule has 0 atom stereocenters. The summed E-state index contributed by atoms with van der Waals surface area (Å²) >= 11 is 2.77. The number of benzene rings is 1. The van der Waals surface area contributed by atoms with Crippen molar-refractivity contribution in [3.05, 3.63) is 57.6 Å². The van der Waals surface area contributed by atoms with Crippen LogP contribution in [0.5, 0.6) is 0 Å². The number of amides is 1. The summed E-state index contributed by atoms with van der Waals surface area (Å²) < 4.78 is 0. The third kappa shape index (κ3) is 3.72. The van der Waals surface area contributed by atoms with Crippen molar-refractivity contribution in [2.45, 2.75) is 13.3 Å². The monoisotopic (exact) mass is 342 g/mol. The first-order chi connectivity index (χ1) is 11.1. The van der Waals surface area contributed by atoms with Gasteiger partial charge in [-0.1, -0.05) is 41.7 Å². The Morgan fingerprint density at radius 3 is 2.61 bits per heavy atom. The summed E-state index contributed by atoms with van der Waals surface area (Å²) in [7, 11) is 0. The minimum Gasteiger partial charge on any atom is -0.302 e. The molecule has 0 unspecified atom stereocenters. The first-order valence-corrected chi connectivity index (χ1v) is 8.77. The van der Waals surface area contributed by atoms with Crippen molar-refractivity contribution in [2.75, 3.05) is 5.32 Å². The summed E-state index contributed by atoms with van der Waals surface area (Å²) in [5, 5.41) is 7.12. The van der Waals surface area contributed by atoms with Gasteiger partial charge >= 0.3 is 0 Å². The highest BCUT2D eigenvalue weighted by atomic mass is 32.1. The zero-order valence-electron chi connectivity index (χ0n) is 12.4. The van der Waals surface area contributed by atoms with Crippen molar-refractivity contribution >= 4 is 39.5 Å². The lowest BCUT2D eigenvalue weighted by Gasteiger charge is -1.99. The van der Waals surface area contributed by atoms with Crippen LogP contribution in [0.4, 0.5) is 5.13 Å². The predicted octanol–water partition coefficient (Wildman–Crippen LogP) is 4.26. The van der Waals surface area contributed by atoms with E-state index in [-0.39, 0.29) is 11.7 Å². The summed E-state index contributed by atoms with van der Waals surface area (Å²) in [6.07, 6.45) is 0.305. The highest BCUT2D eigenvalue weighted by Gasteiger charge is 2.17. The minimum absolute atomic E-state index is 0.0558. The number of carbonyl (C=O) groups excluding carboxylic acids is 2. The lowest BCUT2D eigenvalue weighted by molar-refractivity contribution is -0.115. The van der Waals surface area contributed by atoms with Crippen LogP contribution in [0.25, 0.3) is 11.3 Å². The Kier molecular flexibility index (Phi) is 4.64. The molecule has 2 heterocycles. The molecule has 0 aliphatic heterocycles. The van der Waals surface area contributed by atoms with Gasteiger partial charge < -0.3 is 5.32 Å². The molecule has 1 aromatic carbocycles. The Hall–Kier alpha value is -2.31. The number of hydrogen-bond donors (Lipinski definition) is 1. The number of ketones is 1. The Balaban J connectivity index is 1.83. The highest BCUT2D eigenvalue weighted by molar-refractivity contribution is 7.18. The van der Waals surface area contributed by atoms with Gasteiger partial charge in [0.05, 0.1) is 17.0 Å². The van der Waals surface area contributed by atoms with Crippen LogP contribution in [-0.2, 0) is 11.2 Å². The molecule has 1 amide bonds. The summed E-state index contributed by atoms with van der Waals surface area (Å²) in [5.74, 6) is -0.188. The van der Waals surface area contributed by atoms with Crippen molar-refractivity contribution in [2.24, 2.45) is 0 Å². The van der Waals surface area contributed by atoms with Gasteiger partial charge in [0.2, 0.25) is 5.91 Å². The average molecular weight is 342 g/mol. The lowest BCUT2D eigenvalue weighted by atomic mass is 10.1. The maximum Gasteiger partial charge on any atom is 0.230 e. The van der Waals surface area contributed by atoms with E-state index in [0.29, 0.717) is 22.1 Å². The molecule has 4 nitrogen and oxygen atoms in total. The molecule has 3 rings (SSSR count). The Bertz CT molecular complexity index is 824. The molecule has 0 fully saturated rings. The number of Topliss-reactive ketones (excluding diaryl/α,β-unsaturated/α-hetero) is 1. The smallest absolute Gasteiger partial charge is 0.230 e. The number of thiazole rings is 1. The summed E-state index contributed by atoms with van der Waals surface area (Å²) in [6.45, 7) is 1.51. The van der Waals surface area contributed by atoms with Crippen LogP contribution in [0.15, 0.2) is 47.2 Å². The maximum atomic E-state index is 12.1. The van der Waals surface area contributed by atoms with Gasteiger partial charge in [-0.15, -0.1) is 0 Å². The number of hydrogen-bond acceptors (Lipinski definition) is 5. The molecule has 3 aromatic rings. The number of nitrogens with one attached hydrogen (secondary N) is 1. The minimum atomic E-state index is -0.133. The molecule has 116 valence electrons. The van der Waals surface area contributed by atoms with Gasteiger partial charge in [0.25, 0.3) is 0 Å². The van der Waals surface area contributed by atoms with E-state index >= 15 is 0 Å². The predicted molar refractivity (Wildman–Crippen MR) is 94.2 cm³/mol. The number of nitrogens with zero attached hydrogens (tertiary/aromatic N) is 1. The second-order valence-electron chi connectivity index (χ2n) is 4.98. The van der Waals surface area contributed by atoms with Crippen molar-refractivity contribution in [1.82, 2.24) is 4.98 Å². The average Bonchev–Trinajstić information content (AvgIpc) is 3.17. The van der Waals surface area contributed by atoms with E-state index in [2.05, 4.69) is 10.3 Å². The summed E-state index contributed by atoms with van der Waals surface area (Å²) in [5.41, 5.74) is 2.46. The standard InChI is InChI=1S/C17H14N2O2S2/c1-11(20)16-15(13-5-3-2-4-6-13)19-17(23-16)18-14(21)9-12-7-8-22-10-12/h2-8,10H,9H2,1H3,(H,18,19,21). The molecule has 2 aromatic heterocycles. The van der Waals surface area contributed by atoms with Crippen LogP contribution in [0.2, 0.25) is 0 Å². The summed E-state index contributed by atoms with van der Waals surface area (Å²) in [6, 6.07) is 11.4. The van der Waals surface area contributed by atoms with Crippen molar-refractivity contribution in [1.29, 1.82) is 0 Å². The lowest BCUT2D eigenvalue weighted by Crippen LogP contribution is -2.13. The van der Waals surface area contributed by atoms with E-state index in [0.717, 1.165) is 11.1 Å². The van der Waals surface area contributed by atoms with E-state index in [1.165, 1.54) is 18.3 Å². The fraction of sp³-hybridized carbons (Fsp3) is 0.118. The van der Waals surface area contributed by atoms with Crippen LogP contribution < -0.4 is 5.32 Å². The van der Waals surface area contributed by atoms with E-state index < -0.39 is 0 Å². The largest absolute Gasteiger partial charge is 0.302 e. The van der Waals surface area contributed by atoms with Crippen molar-refractivity contribution < 1.29 is 9.59 Å². The fourth-order valence-corrected chi connectivity index (χ4v) is 3.71. The molecule has 23 heavy (non-hydrogen) atoms. The molecule has 0 aliphatic carbocycles. The van der Waals surface area contributed by atoms with Gasteiger partial charge in [0, 0.05) is 12.5 Å². The molecule has 6 heteroatoms. The molecule has 0 bridgehead atoms. The first kappa shape index (κ1) is 15.6. The van der Waals surface area contributed by atoms with Crippen LogP contribution in [-0.4, -0.2) is 16.7 Å². The van der Waals surface area contributed by atoms with Gasteiger partial charge in [0.1, 0.15) is 0 Å². The fourth-order valence-electron chi connectivity index (χ4n) is 2.15. The molecule has 0 aliphatic rings. The van der Waals surface area contributed by atoms with Crippen LogP contribution >= 0.6 is 22.7 Å². The normalized spacial score (nSPS) is 10.5. The second-order valence-corrected chi connectivity index (χ2v) is 6.75. The van der Waals surface area contributed by atoms with Gasteiger partial charge in [-0.25, -0.2) is 4.98 Å². The highest BCUT2D eigenvalue weighted by Crippen LogP contribution is 2.31. The Morgan fingerprint density at radius 1 is 1.17 bits per heavy atom. The number of aromatic nitrogens is 1. The third-order valence-corrected chi connectivity index (χ3v) is 4.99. The van der Waals surface area contributed by atoms with Gasteiger partial charge in [0.15, 0.2) is 10.9 Å². The molecule has 0 saturated carbocycles. The van der Waals surface area contributed by atoms with Crippen LogP contribution in [0, 0.1) is 0 Å². The Morgan fingerprint density at radius 2 is 1.96 bits per heavy atom. The SMILES string of the molecule is CC(=O)c1sc(NC(=O)Cc2ccsc2)nc1-c1ccccc1. The number of anilines is 1. The van der Waals surface area contributed by atoms with Gasteiger partial charge in [-0.2, -0.15) is 11.3 Å². The topological polar surface area (TPSA) is 59.1 Å². The zero-order valence-corrected chi connectivity index (χ0v) is 14.0. The molecule has 1 N–H and O–H groups in total. The van der Waals surface area contributed by atoms with Gasteiger partial charge in [-0.3, -0.25) is 9.59 Å². The maximum absolute atomic E-state index is 12.1. The number of thiophene rings is 1. The molecule has 0 spiro atoms. The number of carbonyl (C=O) groups is 2. The van der Waals surface area contributed by atoms with Crippen molar-refractivity contribution in [3.63, 3.8) is 0 Å². The van der Waals surface area contributed by atoms with E-state index in [1.54, 1.807) is 11.3 Å². The second kappa shape index (κ2) is 6.85. The Labute approximate surface area is 141 Å². The molecular weight excluding hydrogens is 328 g/mol. The third-order valence-electron chi connectivity index (χ3n) is 3.19. The quantitative estimate of drug-likeness (QED) is 0.705. The van der Waals surface area contributed by atoms with Crippen LogP contribution in [0.3, 0.4) is 0 Å². The van der Waals surface area contributed by atoms with E-state index in [4.69, 9.17) is 0 Å².